The van der Waals surface area contributed by atoms with E-state index in [2.05, 4.69) is 30.5 Å². The van der Waals surface area contributed by atoms with Gasteiger partial charge in [0, 0.05) is 32.1 Å². The van der Waals surface area contributed by atoms with Gasteiger partial charge in [0.05, 0.1) is 6.20 Å². The minimum Gasteiger partial charge on any atom is -0.381 e. The Morgan fingerprint density at radius 3 is 3.05 bits per heavy atom. The lowest BCUT2D eigenvalue weighted by Gasteiger charge is -2.18. The van der Waals surface area contributed by atoms with E-state index in [0.717, 1.165) is 44.1 Å². The van der Waals surface area contributed by atoms with E-state index in [4.69, 9.17) is 16.3 Å². The summed E-state index contributed by atoms with van der Waals surface area (Å²) < 4.78 is 5.35. The molecule has 7 nitrogen and oxygen atoms in total. The zero-order chi connectivity index (χ0) is 14.5. The van der Waals surface area contributed by atoms with Crippen LogP contribution in [-0.2, 0) is 11.2 Å². The van der Waals surface area contributed by atoms with E-state index in [-0.39, 0.29) is 0 Å². The second kappa shape index (κ2) is 6.82. The standard InChI is InChI=1S/C13H17ClN6O/c14-10-7-15-8-17-13(10)16-4-1-11-18-12(20-19-11)9-2-5-21-6-3-9/h7-9H,1-6H2,(H,15,16,17)(H,18,19,20). The molecule has 3 heterocycles. The number of rotatable bonds is 5. The van der Waals surface area contributed by atoms with Gasteiger partial charge >= 0.3 is 0 Å². The number of ether oxygens (including phenoxy) is 1. The molecule has 2 aromatic rings. The number of aromatic amines is 1. The van der Waals surface area contributed by atoms with Crippen molar-refractivity contribution in [3.63, 3.8) is 0 Å². The number of hydrogen-bond acceptors (Lipinski definition) is 6. The third-order valence-electron chi connectivity index (χ3n) is 3.46. The lowest BCUT2D eigenvalue weighted by atomic mass is 10.00. The number of halogens is 1. The molecule has 2 aromatic heterocycles. The van der Waals surface area contributed by atoms with Crippen LogP contribution in [-0.4, -0.2) is 44.9 Å². The van der Waals surface area contributed by atoms with E-state index in [1.807, 2.05) is 0 Å². The molecule has 0 spiro atoms. The van der Waals surface area contributed by atoms with Crippen molar-refractivity contribution in [2.24, 2.45) is 0 Å². The van der Waals surface area contributed by atoms with Crippen molar-refractivity contribution in [2.45, 2.75) is 25.2 Å². The summed E-state index contributed by atoms with van der Waals surface area (Å²) in [5, 5.41) is 11.0. The number of hydrogen-bond donors (Lipinski definition) is 2. The first-order chi connectivity index (χ1) is 10.3. The summed E-state index contributed by atoms with van der Waals surface area (Å²) in [4.78, 5) is 12.5. The third-order valence-corrected chi connectivity index (χ3v) is 3.73. The number of anilines is 1. The molecule has 21 heavy (non-hydrogen) atoms. The van der Waals surface area contributed by atoms with Crippen LogP contribution in [0.4, 0.5) is 5.82 Å². The maximum atomic E-state index is 5.98. The third kappa shape index (κ3) is 3.68. The van der Waals surface area contributed by atoms with Crippen molar-refractivity contribution < 1.29 is 4.74 Å². The van der Waals surface area contributed by atoms with Gasteiger partial charge in [-0.25, -0.2) is 15.0 Å². The van der Waals surface area contributed by atoms with Gasteiger partial charge in [-0.2, -0.15) is 5.10 Å². The molecule has 3 rings (SSSR count). The molecule has 0 unspecified atom stereocenters. The highest BCUT2D eigenvalue weighted by Gasteiger charge is 2.19. The maximum absolute atomic E-state index is 5.98. The van der Waals surface area contributed by atoms with E-state index in [1.165, 1.54) is 6.33 Å². The van der Waals surface area contributed by atoms with Gasteiger partial charge in [0.15, 0.2) is 5.82 Å². The molecular weight excluding hydrogens is 292 g/mol. The van der Waals surface area contributed by atoms with E-state index in [9.17, 15) is 0 Å². The summed E-state index contributed by atoms with van der Waals surface area (Å²) in [7, 11) is 0. The Bertz CT molecular complexity index is 584. The van der Waals surface area contributed by atoms with Gasteiger partial charge in [-0.1, -0.05) is 11.6 Å². The largest absolute Gasteiger partial charge is 0.381 e. The Kier molecular flexibility index (Phi) is 4.62. The van der Waals surface area contributed by atoms with Gasteiger partial charge in [-0.05, 0) is 12.8 Å². The molecule has 0 radical (unpaired) electrons. The lowest BCUT2D eigenvalue weighted by Crippen LogP contribution is -2.15. The molecule has 0 aliphatic carbocycles. The van der Waals surface area contributed by atoms with Crippen LogP contribution in [0.15, 0.2) is 12.5 Å². The van der Waals surface area contributed by atoms with Crippen molar-refractivity contribution in [1.82, 2.24) is 25.1 Å². The minimum atomic E-state index is 0.410. The summed E-state index contributed by atoms with van der Waals surface area (Å²) in [5.41, 5.74) is 0. The van der Waals surface area contributed by atoms with Gasteiger partial charge in [0.2, 0.25) is 0 Å². The van der Waals surface area contributed by atoms with Crippen LogP contribution >= 0.6 is 11.6 Å². The smallest absolute Gasteiger partial charge is 0.153 e. The first kappa shape index (κ1) is 14.2. The second-order valence-electron chi connectivity index (χ2n) is 4.92. The van der Waals surface area contributed by atoms with Crippen LogP contribution in [0.3, 0.4) is 0 Å². The Labute approximate surface area is 127 Å². The van der Waals surface area contributed by atoms with Crippen molar-refractivity contribution in [2.75, 3.05) is 25.1 Å². The number of H-pyrrole nitrogens is 1. The van der Waals surface area contributed by atoms with Crippen molar-refractivity contribution in [3.05, 3.63) is 29.2 Å². The van der Waals surface area contributed by atoms with E-state index >= 15 is 0 Å². The minimum absolute atomic E-state index is 0.410. The molecule has 112 valence electrons. The number of aromatic nitrogens is 5. The monoisotopic (exact) mass is 308 g/mol. The van der Waals surface area contributed by atoms with Crippen molar-refractivity contribution in [3.8, 4) is 0 Å². The molecule has 8 heteroatoms. The fraction of sp³-hybridized carbons (Fsp3) is 0.538. The summed E-state index contributed by atoms with van der Waals surface area (Å²) >= 11 is 5.98. The predicted molar refractivity (Wildman–Crippen MR) is 78.4 cm³/mol. The highest BCUT2D eigenvalue weighted by atomic mass is 35.5. The molecular formula is C13H17ClN6O. The van der Waals surface area contributed by atoms with E-state index in [0.29, 0.717) is 23.3 Å². The van der Waals surface area contributed by atoms with E-state index in [1.54, 1.807) is 6.20 Å². The quantitative estimate of drug-likeness (QED) is 0.875. The van der Waals surface area contributed by atoms with Crippen LogP contribution in [0.5, 0.6) is 0 Å². The van der Waals surface area contributed by atoms with Gasteiger partial charge in [0.1, 0.15) is 23.0 Å². The summed E-state index contributed by atoms with van der Waals surface area (Å²) in [5.74, 6) is 2.81. The Morgan fingerprint density at radius 1 is 1.38 bits per heavy atom. The number of nitrogens with zero attached hydrogens (tertiary/aromatic N) is 4. The SMILES string of the molecule is Clc1cncnc1NCCc1nc(C2CCOCC2)n[nH]1. The maximum Gasteiger partial charge on any atom is 0.153 e. The predicted octanol–water partition coefficient (Wildman–Crippen LogP) is 1.80. The Morgan fingerprint density at radius 2 is 2.24 bits per heavy atom. The fourth-order valence-corrected chi connectivity index (χ4v) is 2.47. The Hall–Kier alpha value is -1.73. The van der Waals surface area contributed by atoms with Crippen LogP contribution in [0, 0.1) is 0 Å². The van der Waals surface area contributed by atoms with Crippen LogP contribution in [0.1, 0.15) is 30.4 Å². The highest BCUT2D eigenvalue weighted by Crippen LogP contribution is 2.23. The Balaban J connectivity index is 1.52. The average Bonchev–Trinajstić information content (AvgIpc) is 2.99. The molecule has 1 fully saturated rings. The van der Waals surface area contributed by atoms with Gasteiger partial charge in [-0.15, -0.1) is 0 Å². The first-order valence-corrected chi connectivity index (χ1v) is 7.39. The molecule has 1 aliphatic rings. The summed E-state index contributed by atoms with van der Waals surface area (Å²) in [6.45, 7) is 2.27. The van der Waals surface area contributed by atoms with Crippen LogP contribution in [0.25, 0.3) is 0 Å². The van der Waals surface area contributed by atoms with Crippen LogP contribution < -0.4 is 5.32 Å². The number of nitrogens with one attached hydrogen (secondary N) is 2. The molecule has 0 atom stereocenters. The zero-order valence-corrected chi connectivity index (χ0v) is 12.3. The second-order valence-corrected chi connectivity index (χ2v) is 5.33. The summed E-state index contributed by atoms with van der Waals surface area (Å²) in [6, 6.07) is 0. The molecule has 1 saturated heterocycles. The van der Waals surface area contributed by atoms with Crippen molar-refractivity contribution >= 4 is 17.4 Å². The molecule has 0 saturated carbocycles. The van der Waals surface area contributed by atoms with Crippen molar-refractivity contribution in [1.29, 1.82) is 0 Å². The molecule has 1 aliphatic heterocycles. The van der Waals surface area contributed by atoms with Gasteiger partial charge in [0.25, 0.3) is 0 Å². The molecule has 0 amide bonds. The highest BCUT2D eigenvalue weighted by molar-refractivity contribution is 6.32. The topological polar surface area (TPSA) is 88.6 Å². The molecule has 0 aromatic carbocycles. The van der Waals surface area contributed by atoms with Gasteiger partial charge < -0.3 is 10.1 Å². The van der Waals surface area contributed by atoms with Gasteiger partial charge in [-0.3, -0.25) is 5.10 Å². The van der Waals surface area contributed by atoms with Crippen LogP contribution in [0.2, 0.25) is 5.02 Å². The summed E-state index contributed by atoms with van der Waals surface area (Å²) in [6.07, 6.45) is 5.75. The van der Waals surface area contributed by atoms with E-state index < -0.39 is 0 Å². The lowest BCUT2D eigenvalue weighted by molar-refractivity contribution is 0.0836. The molecule has 2 N–H and O–H groups in total. The average molecular weight is 309 g/mol. The fourth-order valence-electron chi connectivity index (χ4n) is 2.30. The first-order valence-electron chi connectivity index (χ1n) is 7.01. The zero-order valence-electron chi connectivity index (χ0n) is 11.5. The molecule has 0 bridgehead atoms. The normalized spacial score (nSPS) is 16.0.